The van der Waals surface area contributed by atoms with Gasteiger partial charge in [-0.2, -0.15) is 0 Å². The number of sulfonamides is 1. The van der Waals surface area contributed by atoms with Crippen LogP contribution in [0.2, 0.25) is 0 Å². The highest BCUT2D eigenvalue weighted by atomic mass is 32.2. The molecule has 3 saturated heterocycles. The average molecular weight is 603 g/mol. The maximum Gasteiger partial charge on any atom is 0.282 e. The number of alkyl halides is 2. The van der Waals surface area contributed by atoms with Crippen LogP contribution in [0, 0.1) is 5.41 Å². The fourth-order valence-corrected chi connectivity index (χ4v) is 8.11. The molecule has 0 atom stereocenters. The van der Waals surface area contributed by atoms with Crippen LogP contribution in [0.15, 0.2) is 36.4 Å². The number of benzene rings is 1. The molecule has 1 aromatic heterocycles. The van der Waals surface area contributed by atoms with Crippen molar-refractivity contribution in [1.82, 2.24) is 9.88 Å². The van der Waals surface area contributed by atoms with Gasteiger partial charge in [-0.25, -0.2) is 22.2 Å². The van der Waals surface area contributed by atoms with Crippen molar-refractivity contribution < 1.29 is 27.1 Å². The van der Waals surface area contributed by atoms with Crippen LogP contribution < -0.4 is 19.8 Å². The summed E-state index contributed by atoms with van der Waals surface area (Å²) in [6.07, 6.45) is 5.26. The van der Waals surface area contributed by atoms with Crippen molar-refractivity contribution in [3.8, 4) is 0 Å². The Morgan fingerprint density at radius 2 is 1.71 bits per heavy atom. The van der Waals surface area contributed by atoms with E-state index in [9.17, 15) is 27.1 Å². The number of halogens is 2. The molecular weight excluding hydrogens is 566 g/mol. The number of aliphatic hydroxyl groups excluding tert-OH is 1. The number of nitrogens with zero attached hydrogens (tertiary/aromatic N) is 4. The van der Waals surface area contributed by atoms with Gasteiger partial charge in [0.05, 0.1) is 36.1 Å². The standard InChI is InChI=1S/C29H36F2N6O4S/c30-29(31)18-37(19-29)25-3-1-2-24(32-25)33-26(39)22-5-4-20(14-23(22)36-12-10-27(6-7-27)11-13-36)34-42(40,41)28(8-9-28)17-35-15-21(38)16-35/h1-5,14,21,34,38H,6-13,15-19H2,(H,32,33,39). The summed E-state index contributed by atoms with van der Waals surface area (Å²) >= 11 is 0. The molecule has 1 spiro atoms. The van der Waals surface area contributed by atoms with Gasteiger partial charge < -0.3 is 20.2 Å². The summed E-state index contributed by atoms with van der Waals surface area (Å²) in [7, 11) is -3.71. The number of aliphatic hydroxyl groups is 1. The van der Waals surface area contributed by atoms with Gasteiger partial charge in [-0.3, -0.25) is 14.4 Å². The first-order valence-corrected chi connectivity index (χ1v) is 16.2. The molecule has 13 heteroatoms. The molecule has 3 N–H and O–H groups in total. The van der Waals surface area contributed by atoms with E-state index in [1.807, 2.05) is 4.90 Å². The number of rotatable bonds is 9. The van der Waals surface area contributed by atoms with Crippen molar-refractivity contribution in [3.63, 3.8) is 0 Å². The number of anilines is 4. The van der Waals surface area contributed by atoms with Gasteiger partial charge in [0, 0.05) is 32.7 Å². The molecule has 5 fully saturated rings. The predicted octanol–water partition coefficient (Wildman–Crippen LogP) is 3.12. The van der Waals surface area contributed by atoms with Gasteiger partial charge in [-0.15, -0.1) is 0 Å². The average Bonchev–Trinajstić information content (AvgIpc) is 3.85. The van der Waals surface area contributed by atoms with E-state index in [0.29, 0.717) is 60.6 Å². The van der Waals surface area contributed by atoms with Crippen LogP contribution in [-0.2, 0) is 10.0 Å². The second-order valence-electron chi connectivity index (χ2n) is 12.9. The Morgan fingerprint density at radius 3 is 2.33 bits per heavy atom. The molecule has 0 bridgehead atoms. The summed E-state index contributed by atoms with van der Waals surface area (Å²) in [6.45, 7) is 2.10. The Balaban J connectivity index is 1.11. The molecule has 42 heavy (non-hydrogen) atoms. The minimum atomic E-state index is -3.71. The van der Waals surface area contributed by atoms with E-state index in [2.05, 4.69) is 19.9 Å². The third-order valence-corrected chi connectivity index (χ3v) is 11.8. The molecule has 10 nitrogen and oxygen atoms in total. The van der Waals surface area contributed by atoms with Gasteiger partial charge in [0.2, 0.25) is 10.0 Å². The number of carbonyl (C=O) groups excluding carboxylic acids is 1. The summed E-state index contributed by atoms with van der Waals surface area (Å²) < 4.78 is 55.6. The Labute approximate surface area is 244 Å². The number of likely N-dealkylation sites (tertiary alicyclic amines) is 1. The van der Waals surface area contributed by atoms with Crippen molar-refractivity contribution in [2.75, 3.05) is 65.7 Å². The first-order chi connectivity index (χ1) is 19.9. The van der Waals surface area contributed by atoms with Gasteiger partial charge in [-0.05, 0) is 74.3 Å². The summed E-state index contributed by atoms with van der Waals surface area (Å²) in [5, 5.41) is 12.4. The molecule has 0 radical (unpaired) electrons. The molecule has 5 aliphatic rings. The highest BCUT2D eigenvalue weighted by Crippen LogP contribution is 2.54. The maximum atomic E-state index is 13.6. The van der Waals surface area contributed by atoms with Crippen LogP contribution in [0.25, 0.3) is 0 Å². The van der Waals surface area contributed by atoms with E-state index in [-0.39, 0.29) is 5.82 Å². The quantitative estimate of drug-likeness (QED) is 0.401. The Morgan fingerprint density at radius 1 is 1.00 bits per heavy atom. The van der Waals surface area contributed by atoms with Crippen LogP contribution in [0.3, 0.4) is 0 Å². The summed E-state index contributed by atoms with van der Waals surface area (Å²) in [5.74, 6) is -2.51. The number of carbonyl (C=O) groups is 1. The number of amides is 1. The first-order valence-electron chi connectivity index (χ1n) is 14.7. The lowest BCUT2D eigenvalue weighted by molar-refractivity contribution is -0.0267. The third-order valence-electron chi connectivity index (χ3n) is 9.59. The maximum absolute atomic E-state index is 13.6. The second kappa shape index (κ2) is 9.75. The number of aromatic nitrogens is 1. The molecule has 2 aliphatic carbocycles. The number of hydrogen-bond donors (Lipinski definition) is 3. The van der Waals surface area contributed by atoms with E-state index >= 15 is 0 Å². The monoisotopic (exact) mass is 602 g/mol. The summed E-state index contributed by atoms with van der Waals surface area (Å²) in [4.78, 5) is 23.5. The van der Waals surface area contributed by atoms with Crippen LogP contribution in [0.1, 0.15) is 48.9 Å². The van der Waals surface area contributed by atoms with E-state index in [1.165, 1.54) is 17.7 Å². The molecule has 7 rings (SSSR count). The molecule has 0 unspecified atom stereocenters. The lowest BCUT2D eigenvalue weighted by Gasteiger charge is -2.39. The van der Waals surface area contributed by atoms with Gasteiger partial charge in [0.1, 0.15) is 16.4 Å². The number of pyridine rings is 1. The fraction of sp³-hybridized carbons (Fsp3) is 0.586. The smallest absolute Gasteiger partial charge is 0.282 e. The van der Waals surface area contributed by atoms with E-state index in [4.69, 9.17) is 0 Å². The SMILES string of the molecule is O=C(Nc1cccc(N2CC(F)(F)C2)n1)c1ccc(NS(=O)(=O)C2(CN3CC(O)C3)CC2)cc1N1CCC2(CC1)CC2. The van der Waals surface area contributed by atoms with Crippen molar-refractivity contribution >= 4 is 38.9 Å². The van der Waals surface area contributed by atoms with E-state index in [1.54, 1.807) is 36.4 Å². The summed E-state index contributed by atoms with van der Waals surface area (Å²) in [6, 6.07) is 9.90. The van der Waals surface area contributed by atoms with Crippen molar-refractivity contribution in [1.29, 1.82) is 0 Å². The van der Waals surface area contributed by atoms with E-state index < -0.39 is 45.8 Å². The fourth-order valence-electron chi connectivity index (χ4n) is 6.47. The lowest BCUT2D eigenvalue weighted by Crippen LogP contribution is -2.56. The molecule has 4 heterocycles. The minimum absolute atomic E-state index is 0.255. The van der Waals surface area contributed by atoms with Crippen LogP contribution in [0.5, 0.6) is 0 Å². The molecule has 1 aromatic carbocycles. The Bertz CT molecular complexity index is 1490. The predicted molar refractivity (Wildman–Crippen MR) is 156 cm³/mol. The van der Waals surface area contributed by atoms with Crippen LogP contribution in [-0.4, -0.2) is 91.9 Å². The highest BCUT2D eigenvalue weighted by molar-refractivity contribution is 7.94. The van der Waals surface area contributed by atoms with E-state index in [0.717, 1.165) is 25.9 Å². The zero-order valence-electron chi connectivity index (χ0n) is 23.4. The molecule has 3 aliphatic heterocycles. The van der Waals surface area contributed by atoms with Crippen molar-refractivity contribution in [3.05, 3.63) is 42.0 Å². The largest absolute Gasteiger partial charge is 0.390 e. The first kappa shape index (κ1) is 27.8. The number of hydrogen-bond acceptors (Lipinski definition) is 8. The number of nitrogens with one attached hydrogen (secondary N) is 2. The molecule has 226 valence electrons. The lowest BCUT2D eigenvalue weighted by atomic mass is 9.93. The molecular formula is C29H36F2N6O4S. The second-order valence-corrected chi connectivity index (χ2v) is 15.0. The van der Waals surface area contributed by atoms with Gasteiger partial charge in [0.15, 0.2) is 0 Å². The topological polar surface area (TPSA) is 118 Å². The van der Waals surface area contributed by atoms with Gasteiger partial charge >= 0.3 is 0 Å². The van der Waals surface area contributed by atoms with Gasteiger partial charge in [-0.1, -0.05) is 6.07 Å². The zero-order chi connectivity index (χ0) is 29.3. The highest BCUT2D eigenvalue weighted by Gasteiger charge is 2.56. The molecule has 2 aromatic rings. The number of piperidine rings is 1. The number of β-amino-alcohol motifs (C(OH)–C–C–N with tert-alkyl or cyclic N) is 1. The van der Waals surface area contributed by atoms with Crippen molar-refractivity contribution in [2.24, 2.45) is 5.41 Å². The Kier molecular flexibility index (Phi) is 6.45. The summed E-state index contributed by atoms with van der Waals surface area (Å²) in [5.41, 5.74) is 1.86. The normalized spacial score (nSPS) is 24.1. The Hall–Kier alpha value is -3.03. The molecule has 2 saturated carbocycles. The van der Waals surface area contributed by atoms with Gasteiger partial charge in [0.25, 0.3) is 11.8 Å². The van der Waals surface area contributed by atoms with Crippen LogP contribution in [0.4, 0.5) is 31.8 Å². The minimum Gasteiger partial charge on any atom is -0.390 e. The van der Waals surface area contributed by atoms with Crippen LogP contribution >= 0.6 is 0 Å². The molecule has 1 amide bonds. The van der Waals surface area contributed by atoms with Crippen molar-refractivity contribution in [2.45, 2.75) is 55.3 Å². The zero-order valence-corrected chi connectivity index (χ0v) is 24.2. The third kappa shape index (κ3) is 5.30.